The number of carbonyl (C=O) groups excluding carboxylic acids is 1. The summed E-state index contributed by atoms with van der Waals surface area (Å²) in [6.07, 6.45) is 4.38. The Kier molecular flexibility index (Phi) is 5.13. The van der Waals surface area contributed by atoms with Crippen molar-refractivity contribution in [2.45, 2.75) is 32.5 Å². The van der Waals surface area contributed by atoms with Crippen LogP contribution in [0.3, 0.4) is 0 Å². The first-order chi connectivity index (χ1) is 13.7. The van der Waals surface area contributed by atoms with E-state index in [0.717, 1.165) is 23.0 Å². The highest BCUT2D eigenvalue weighted by Gasteiger charge is 2.24. The van der Waals surface area contributed by atoms with Crippen molar-refractivity contribution in [3.63, 3.8) is 0 Å². The topological polar surface area (TPSA) is 76.1 Å². The lowest BCUT2D eigenvalue weighted by Gasteiger charge is -2.24. The fourth-order valence-electron chi connectivity index (χ4n) is 3.86. The van der Waals surface area contributed by atoms with Crippen LogP contribution in [0, 0.1) is 18.3 Å². The second-order valence-electron chi connectivity index (χ2n) is 7.09. The molecular formula is C21H23N5O2. The van der Waals surface area contributed by atoms with Crippen LogP contribution in [0.1, 0.15) is 17.7 Å². The normalized spacial score (nSPS) is 17.4. The van der Waals surface area contributed by atoms with Gasteiger partial charge in [0, 0.05) is 43.2 Å². The molecule has 0 aliphatic carbocycles. The van der Waals surface area contributed by atoms with Crippen LogP contribution in [-0.2, 0) is 22.6 Å². The van der Waals surface area contributed by atoms with Gasteiger partial charge in [-0.3, -0.25) is 9.48 Å². The first-order valence-corrected chi connectivity index (χ1v) is 9.52. The lowest BCUT2D eigenvalue weighted by atomic mass is 10.1. The van der Waals surface area contributed by atoms with Gasteiger partial charge in [-0.15, -0.1) is 0 Å². The molecule has 144 valence electrons. The predicted molar refractivity (Wildman–Crippen MR) is 105 cm³/mol. The predicted octanol–water partition coefficient (Wildman–Crippen LogP) is 2.34. The number of amides is 1. The van der Waals surface area contributed by atoms with Gasteiger partial charge < -0.3 is 14.2 Å². The zero-order valence-corrected chi connectivity index (χ0v) is 15.9. The lowest BCUT2D eigenvalue weighted by molar-refractivity contribution is -0.132. The van der Waals surface area contributed by atoms with Gasteiger partial charge in [0.1, 0.15) is 12.6 Å². The van der Waals surface area contributed by atoms with E-state index in [0.29, 0.717) is 31.8 Å². The van der Waals surface area contributed by atoms with Crippen LogP contribution in [-0.4, -0.2) is 51.0 Å². The fourth-order valence-corrected chi connectivity index (χ4v) is 3.86. The molecular weight excluding hydrogens is 354 g/mol. The third kappa shape index (κ3) is 3.51. The summed E-state index contributed by atoms with van der Waals surface area (Å²) in [7, 11) is 0. The Labute approximate surface area is 163 Å². The first kappa shape index (κ1) is 18.3. The van der Waals surface area contributed by atoms with Crippen LogP contribution >= 0.6 is 0 Å². The van der Waals surface area contributed by atoms with Crippen LogP contribution in [0.5, 0.6) is 0 Å². The molecule has 0 spiro atoms. The van der Waals surface area contributed by atoms with Crippen LogP contribution < -0.4 is 0 Å². The van der Waals surface area contributed by atoms with Crippen molar-refractivity contribution >= 4 is 16.8 Å². The van der Waals surface area contributed by atoms with Crippen molar-refractivity contribution in [3.8, 4) is 6.07 Å². The van der Waals surface area contributed by atoms with Crippen molar-refractivity contribution in [2.75, 3.05) is 19.7 Å². The summed E-state index contributed by atoms with van der Waals surface area (Å²) in [5.41, 5.74) is 2.39. The Hall–Kier alpha value is -3.11. The summed E-state index contributed by atoms with van der Waals surface area (Å²) in [5.74, 6) is 0.0457. The molecule has 1 saturated heterocycles. The summed E-state index contributed by atoms with van der Waals surface area (Å²) >= 11 is 0. The van der Waals surface area contributed by atoms with Crippen molar-refractivity contribution in [1.29, 1.82) is 5.26 Å². The van der Waals surface area contributed by atoms with Crippen molar-refractivity contribution in [3.05, 3.63) is 54.0 Å². The molecule has 0 unspecified atom stereocenters. The molecule has 1 aliphatic heterocycles. The van der Waals surface area contributed by atoms with Crippen molar-refractivity contribution in [2.24, 2.45) is 0 Å². The third-order valence-electron chi connectivity index (χ3n) is 5.29. The van der Waals surface area contributed by atoms with Crippen molar-refractivity contribution < 1.29 is 9.53 Å². The number of rotatable bonds is 4. The van der Waals surface area contributed by atoms with E-state index in [1.165, 1.54) is 0 Å². The molecule has 0 radical (unpaired) electrons. The zero-order valence-electron chi connectivity index (χ0n) is 15.9. The molecule has 7 nitrogen and oxygen atoms in total. The Bertz CT molecular complexity index is 1020. The average Bonchev–Trinajstić information content (AvgIpc) is 3.22. The van der Waals surface area contributed by atoms with Gasteiger partial charge in [0.15, 0.2) is 0 Å². The third-order valence-corrected chi connectivity index (χ3v) is 5.29. The number of fused-ring (bicyclic) bond motifs is 1. The van der Waals surface area contributed by atoms with E-state index in [9.17, 15) is 10.1 Å². The molecule has 0 saturated carbocycles. The molecule has 1 atom stereocenters. The molecule has 1 aliphatic rings. The summed E-state index contributed by atoms with van der Waals surface area (Å²) in [5, 5.41) is 14.7. The van der Waals surface area contributed by atoms with E-state index in [-0.39, 0.29) is 18.6 Å². The quantitative estimate of drug-likeness (QED) is 0.699. The first-order valence-electron chi connectivity index (χ1n) is 9.52. The number of ether oxygens (including phenoxy) is 1. The summed E-state index contributed by atoms with van der Waals surface area (Å²) < 4.78 is 9.70. The standard InChI is InChI=1S/C21H23N5O2/c1-16-19(12-22)18-6-2-3-7-20(18)26(16)15-21(27)24-9-5-11-28-17(13-24)14-25-10-4-8-23-25/h2-4,6-8,10,17H,5,9,11,13-15H2,1H3/t17-/m0/s1. The van der Waals surface area contributed by atoms with E-state index >= 15 is 0 Å². The molecule has 0 bridgehead atoms. The number of benzene rings is 1. The Balaban J connectivity index is 1.54. The van der Waals surface area contributed by atoms with Gasteiger partial charge in [-0.2, -0.15) is 10.4 Å². The number of nitriles is 1. The average molecular weight is 377 g/mol. The number of nitrogens with zero attached hydrogens (tertiary/aromatic N) is 5. The van der Waals surface area contributed by atoms with E-state index in [1.807, 2.05) is 57.6 Å². The summed E-state index contributed by atoms with van der Waals surface area (Å²) in [4.78, 5) is 15.0. The number of hydrogen-bond acceptors (Lipinski definition) is 4. The summed E-state index contributed by atoms with van der Waals surface area (Å²) in [6.45, 7) is 4.61. The molecule has 2 aromatic heterocycles. The molecule has 4 rings (SSSR count). The zero-order chi connectivity index (χ0) is 19.5. The molecule has 28 heavy (non-hydrogen) atoms. The van der Waals surface area contributed by atoms with Gasteiger partial charge in [-0.25, -0.2) is 0 Å². The van der Waals surface area contributed by atoms with Crippen LogP contribution in [0.15, 0.2) is 42.7 Å². The minimum absolute atomic E-state index is 0.0457. The van der Waals surface area contributed by atoms with Crippen molar-refractivity contribution in [1.82, 2.24) is 19.2 Å². The maximum absolute atomic E-state index is 13.1. The molecule has 0 N–H and O–H groups in total. The highest BCUT2D eigenvalue weighted by Crippen LogP contribution is 2.25. The minimum Gasteiger partial charge on any atom is -0.374 e. The molecule has 1 amide bonds. The highest BCUT2D eigenvalue weighted by atomic mass is 16.5. The van der Waals surface area contributed by atoms with Gasteiger partial charge in [-0.05, 0) is 25.5 Å². The SMILES string of the molecule is Cc1c(C#N)c2ccccc2n1CC(=O)N1CCCO[C@H](Cn2cccn2)C1. The summed E-state index contributed by atoms with van der Waals surface area (Å²) in [6, 6.07) is 11.9. The van der Waals surface area contributed by atoms with Gasteiger partial charge in [0.05, 0.1) is 23.7 Å². The lowest BCUT2D eigenvalue weighted by Crippen LogP contribution is -2.40. The van der Waals surface area contributed by atoms with Gasteiger partial charge in [-0.1, -0.05) is 18.2 Å². The van der Waals surface area contributed by atoms with E-state index in [1.54, 1.807) is 6.20 Å². The Morgan fingerprint density at radius 1 is 1.36 bits per heavy atom. The number of para-hydroxylation sites is 1. The maximum atomic E-state index is 13.1. The molecule has 3 heterocycles. The van der Waals surface area contributed by atoms with E-state index < -0.39 is 0 Å². The van der Waals surface area contributed by atoms with Gasteiger partial charge in [0.2, 0.25) is 5.91 Å². The largest absolute Gasteiger partial charge is 0.374 e. The maximum Gasteiger partial charge on any atom is 0.242 e. The number of hydrogen-bond donors (Lipinski definition) is 0. The van der Waals surface area contributed by atoms with Crippen LogP contribution in [0.4, 0.5) is 0 Å². The highest BCUT2D eigenvalue weighted by molar-refractivity contribution is 5.89. The van der Waals surface area contributed by atoms with Crippen LogP contribution in [0.25, 0.3) is 10.9 Å². The van der Waals surface area contributed by atoms with Crippen LogP contribution in [0.2, 0.25) is 0 Å². The van der Waals surface area contributed by atoms with Gasteiger partial charge in [0.25, 0.3) is 0 Å². The Morgan fingerprint density at radius 3 is 3.00 bits per heavy atom. The minimum atomic E-state index is -0.0801. The molecule has 3 aromatic rings. The number of carbonyl (C=O) groups is 1. The second-order valence-corrected chi connectivity index (χ2v) is 7.09. The van der Waals surface area contributed by atoms with Gasteiger partial charge >= 0.3 is 0 Å². The molecule has 1 fully saturated rings. The van der Waals surface area contributed by atoms with E-state index in [2.05, 4.69) is 11.2 Å². The van der Waals surface area contributed by atoms with E-state index in [4.69, 9.17) is 4.74 Å². The fraction of sp³-hybridized carbons (Fsp3) is 0.381. The Morgan fingerprint density at radius 2 is 2.21 bits per heavy atom. The number of aromatic nitrogens is 3. The monoisotopic (exact) mass is 377 g/mol. The molecule has 1 aromatic carbocycles. The molecule has 7 heteroatoms. The smallest absolute Gasteiger partial charge is 0.242 e. The second kappa shape index (κ2) is 7.87.